The summed E-state index contributed by atoms with van der Waals surface area (Å²) in [6.45, 7) is 4.56. The lowest BCUT2D eigenvalue weighted by atomic mass is 9.76. The molecule has 0 radical (unpaired) electrons. The molecule has 142 valence electrons. The quantitative estimate of drug-likeness (QED) is 0.725. The van der Waals surface area contributed by atoms with Crippen LogP contribution in [-0.2, 0) is 21.5 Å². The van der Waals surface area contributed by atoms with Crippen molar-refractivity contribution in [3.05, 3.63) is 70.9 Å². The number of amides is 2. The van der Waals surface area contributed by atoms with Gasteiger partial charge in [-0.25, -0.2) is 0 Å². The molecule has 2 atom stereocenters. The molecule has 3 heterocycles. The number of aromatic amines is 1. The third kappa shape index (κ3) is 2.19. The highest BCUT2D eigenvalue weighted by atomic mass is 16.2. The van der Waals surface area contributed by atoms with Gasteiger partial charge in [0.1, 0.15) is 0 Å². The normalized spacial score (nSPS) is 24.1. The molecule has 0 bridgehead atoms. The Hall–Kier alpha value is -3.08. The maximum atomic E-state index is 12.9. The van der Waals surface area contributed by atoms with Gasteiger partial charge in [-0.2, -0.15) is 0 Å². The maximum absolute atomic E-state index is 12.9. The molecule has 2 N–H and O–H groups in total. The molecular formula is C23H23N3O2. The van der Waals surface area contributed by atoms with Gasteiger partial charge in [-0.3, -0.25) is 9.59 Å². The SMILES string of the molecule is CCc1ccc([C@@H]2CN3C(=O)CNC(=O)[C@@]3(C)c3[nH]c4ccccc4c32)cc1. The fourth-order valence-electron chi connectivity index (χ4n) is 4.77. The van der Waals surface area contributed by atoms with Crippen LogP contribution in [0.15, 0.2) is 48.5 Å². The van der Waals surface area contributed by atoms with Crippen molar-refractivity contribution in [2.45, 2.75) is 31.7 Å². The molecule has 2 aliphatic rings. The highest BCUT2D eigenvalue weighted by Gasteiger charge is 2.53. The molecule has 0 spiro atoms. The molecule has 28 heavy (non-hydrogen) atoms. The Kier molecular flexibility index (Phi) is 3.63. The second-order valence-electron chi connectivity index (χ2n) is 7.87. The molecule has 2 amide bonds. The average molecular weight is 373 g/mol. The molecule has 1 fully saturated rings. The number of fused-ring (bicyclic) bond motifs is 5. The van der Waals surface area contributed by atoms with Gasteiger partial charge in [0.25, 0.3) is 5.91 Å². The smallest absolute Gasteiger partial charge is 0.252 e. The number of nitrogens with zero attached hydrogens (tertiary/aromatic N) is 1. The number of nitrogens with one attached hydrogen (secondary N) is 2. The monoisotopic (exact) mass is 373 g/mol. The van der Waals surface area contributed by atoms with Crippen molar-refractivity contribution in [1.29, 1.82) is 0 Å². The number of hydrogen-bond donors (Lipinski definition) is 2. The van der Waals surface area contributed by atoms with E-state index in [1.54, 1.807) is 4.90 Å². The summed E-state index contributed by atoms with van der Waals surface area (Å²) in [4.78, 5) is 30.9. The van der Waals surface area contributed by atoms with E-state index in [1.807, 2.05) is 25.1 Å². The van der Waals surface area contributed by atoms with Crippen LogP contribution in [0.3, 0.4) is 0 Å². The van der Waals surface area contributed by atoms with E-state index in [0.717, 1.165) is 28.6 Å². The van der Waals surface area contributed by atoms with Gasteiger partial charge in [-0.05, 0) is 36.1 Å². The Morgan fingerprint density at radius 3 is 2.61 bits per heavy atom. The van der Waals surface area contributed by atoms with Crippen molar-refractivity contribution >= 4 is 22.7 Å². The molecule has 5 heteroatoms. The van der Waals surface area contributed by atoms with Gasteiger partial charge in [0.2, 0.25) is 5.91 Å². The maximum Gasteiger partial charge on any atom is 0.252 e. The van der Waals surface area contributed by atoms with Gasteiger partial charge in [-0.1, -0.05) is 49.4 Å². The zero-order chi connectivity index (χ0) is 19.5. The molecule has 5 rings (SSSR count). The summed E-state index contributed by atoms with van der Waals surface area (Å²) in [7, 11) is 0. The van der Waals surface area contributed by atoms with Crippen molar-refractivity contribution in [1.82, 2.24) is 15.2 Å². The highest BCUT2D eigenvalue weighted by Crippen LogP contribution is 2.46. The first-order valence-corrected chi connectivity index (χ1v) is 9.82. The summed E-state index contributed by atoms with van der Waals surface area (Å²) >= 11 is 0. The minimum Gasteiger partial charge on any atom is -0.356 e. The summed E-state index contributed by atoms with van der Waals surface area (Å²) in [5, 5.41) is 3.90. The van der Waals surface area contributed by atoms with Crippen LogP contribution >= 0.6 is 0 Å². The number of aromatic nitrogens is 1. The van der Waals surface area contributed by atoms with Crippen LogP contribution in [0.2, 0.25) is 0 Å². The second kappa shape index (κ2) is 5.96. The van der Waals surface area contributed by atoms with Crippen LogP contribution in [-0.4, -0.2) is 34.8 Å². The lowest BCUT2D eigenvalue weighted by Crippen LogP contribution is -2.66. The Balaban J connectivity index is 1.77. The fraction of sp³-hybridized carbons (Fsp3) is 0.304. The summed E-state index contributed by atoms with van der Waals surface area (Å²) in [6.07, 6.45) is 0.992. The van der Waals surface area contributed by atoms with E-state index in [2.05, 4.69) is 47.6 Å². The Morgan fingerprint density at radius 2 is 1.86 bits per heavy atom. The number of carbonyl (C=O) groups excluding carboxylic acids is 2. The number of piperazine rings is 1. The van der Waals surface area contributed by atoms with Gasteiger partial charge in [0.15, 0.2) is 5.54 Å². The van der Waals surface area contributed by atoms with Gasteiger partial charge in [0.05, 0.1) is 12.2 Å². The Morgan fingerprint density at radius 1 is 1.11 bits per heavy atom. The average Bonchev–Trinajstić information content (AvgIpc) is 3.12. The number of aryl methyl sites for hydroxylation is 1. The molecule has 0 aliphatic carbocycles. The van der Waals surface area contributed by atoms with Gasteiger partial charge >= 0.3 is 0 Å². The van der Waals surface area contributed by atoms with Crippen LogP contribution in [0.1, 0.15) is 42.1 Å². The van der Waals surface area contributed by atoms with E-state index >= 15 is 0 Å². The van der Waals surface area contributed by atoms with Gasteiger partial charge < -0.3 is 15.2 Å². The number of hydrogen-bond acceptors (Lipinski definition) is 2. The third-order valence-corrected chi connectivity index (χ3v) is 6.42. The largest absolute Gasteiger partial charge is 0.356 e. The van der Waals surface area contributed by atoms with Crippen molar-refractivity contribution in [2.75, 3.05) is 13.1 Å². The predicted molar refractivity (Wildman–Crippen MR) is 108 cm³/mol. The van der Waals surface area contributed by atoms with E-state index in [4.69, 9.17) is 0 Å². The minimum atomic E-state index is -1.01. The summed E-state index contributed by atoms with van der Waals surface area (Å²) in [6, 6.07) is 16.8. The van der Waals surface area contributed by atoms with Crippen LogP contribution in [0.5, 0.6) is 0 Å². The predicted octanol–water partition coefficient (Wildman–Crippen LogP) is 3.05. The summed E-state index contributed by atoms with van der Waals surface area (Å²) < 4.78 is 0. The summed E-state index contributed by atoms with van der Waals surface area (Å²) in [5.41, 5.74) is 4.40. The van der Waals surface area contributed by atoms with Crippen LogP contribution in [0.4, 0.5) is 0 Å². The van der Waals surface area contributed by atoms with Crippen molar-refractivity contribution in [3.8, 4) is 0 Å². The molecule has 1 saturated heterocycles. The fourth-order valence-corrected chi connectivity index (χ4v) is 4.77. The molecule has 3 aromatic rings. The van der Waals surface area contributed by atoms with Gasteiger partial charge in [-0.15, -0.1) is 0 Å². The number of benzene rings is 2. The van der Waals surface area contributed by atoms with Crippen molar-refractivity contribution in [2.24, 2.45) is 0 Å². The molecule has 0 unspecified atom stereocenters. The number of carbonyl (C=O) groups is 2. The van der Waals surface area contributed by atoms with Crippen LogP contribution in [0.25, 0.3) is 10.9 Å². The first-order valence-electron chi connectivity index (χ1n) is 9.82. The molecule has 2 aromatic carbocycles. The second-order valence-corrected chi connectivity index (χ2v) is 7.87. The van der Waals surface area contributed by atoms with E-state index in [-0.39, 0.29) is 24.3 Å². The molecule has 1 aromatic heterocycles. The van der Waals surface area contributed by atoms with Crippen LogP contribution < -0.4 is 5.32 Å². The van der Waals surface area contributed by atoms with E-state index < -0.39 is 5.54 Å². The first kappa shape index (κ1) is 17.0. The van der Waals surface area contributed by atoms with Crippen LogP contribution in [0, 0.1) is 0 Å². The zero-order valence-corrected chi connectivity index (χ0v) is 16.1. The lowest BCUT2D eigenvalue weighted by molar-refractivity contribution is -0.154. The summed E-state index contributed by atoms with van der Waals surface area (Å²) in [5.74, 6) is -0.138. The number of rotatable bonds is 2. The Labute approximate surface area is 163 Å². The molecular weight excluding hydrogens is 350 g/mol. The zero-order valence-electron chi connectivity index (χ0n) is 16.1. The highest BCUT2D eigenvalue weighted by molar-refractivity contribution is 6.01. The van der Waals surface area contributed by atoms with E-state index in [9.17, 15) is 9.59 Å². The lowest BCUT2D eigenvalue weighted by Gasteiger charge is -2.48. The minimum absolute atomic E-state index is 0.0278. The van der Waals surface area contributed by atoms with Crippen molar-refractivity contribution in [3.63, 3.8) is 0 Å². The Bertz CT molecular complexity index is 1100. The molecule has 0 saturated carbocycles. The number of para-hydroxylation sites is 1. The van der Waals surface area contributed by atoms with Crippen molar-refractivity contribution < 1.29 is 9.59 Å². The topological polar surface area (TPSA) is 65.2 Å². The standard InChI is InChI=1S/C23H23N3O2/c1-3-14-8-10-15(11-9-14)17-13-26-19(27)12-24-22(28)23(26,2)21-20(17)16-6-4-5-7-18(16)25-21/h4-11,17,25H,3,12-13H2,1-2H3,(H,24,28)/t17-,23+/m0/s1. The third-order valence-electron chi connectivity index (χ3n) is 6.42. The molecule has 2 aliphatic heterocycles. The number of H-pyrrole nitrogens is 1. The first-order chi connectivity index (χ1) is 13.5. The molecule has 5 nitrogen and oxygen atoms in total. The van der Waals surface area contributed by atoms with E-state index in [0.29, 0.717) is 6.54 Å². The van der Waals surface area contributed by atoms with E-state index in [1.165, 1.54) is 11.1 Å². The van der Waals surface area contributed by atoms with Gasteiger partial charge in [0, 0.05) is 23.4 Å².